The molecule has 0 spiro atoms. The monoisotopic (exact) mass is 311 g/mol. The molecule has 0 amide bonds. The lowest BCUT2D eigenvalue weighted by atomic mass is 9.90. The molecule has 1 atom stereocenters. The first-order valence-corrected chi connectivity index (χ1v) is 8.34. The lowest BCUT2D eigenvalue weighted by molar-refractivity contribution is 0.351. The van der Waals surface area contributed by atoms with Crippen molar-refractivity contribution in [2.45, 2.75) is 31.7 Å². The lowest BCUT2D eigenvalue weighted by Gasteiger charge is -2.28. The Morgan fingerprint density at radius 3 is 2.52 bits per heavy atom. The summed E-state index contributed by atoms with van der Waals surface area (Å²) in [5.41, 5.74) is 4.16. The summed E-state index contributed by atoms with van der Waals surface area (Å²) in [6.45, 7) is 1.03. The van der Waals surface area contributed by atoms with Gasteiger partial charge in [0.15, 0.2) is 11.5 Å². The zero-order valence-corrected chi connectivity index (χ0v) is 14.0. The van der Waals surface area contributed by atoms with Crippen LogP contribution in [0.25, 0.3) is 0 Å². The van der Waals surface area contributed by atoms with E-state index in [9.17, 15) is 0 Å². The van der Waals surface area contributed by atoms with E-state index in [2.05, 4.69) is 47.8 Å². The molecule has 0 radical (unpaired) electrons. The van der Waals surface area contributed by atoms with Crippen molar-refractivity contribution in [2.24, 2.45) is 0 Å². The van der Waals surface area contributed by atoms with E-state index < -0.39 is 0 Å². The Hall–Kier alpha value is -2.00. The first-order chi connectivity index (χ1) is 11.3. The maximum Gasteiger partial charge on any atom is 0.161 e. The third-order valence-corrected chi connectivity index (χ3v) is 4.61. The number of rotatable bonds is 6. The van der Waals surface area contributed by atoms with Gasteiger partial charge in [0.2, 0.25) is 0 Å². The molecule has 3 nitrogen and oxygen atoms in total. The fraction of sp³-hybridized carbons (Fsp3) is 0.400. The molecular formula is C20H25NO2. The van der Waals surface area contributed by atoms with Crippen molar-refractivity contribution in [1.29, 1.82) is 0 Å². The summed E-state index contributed by atoms with van der Waals surface area (Å²) in [6, 6.07) is 15.4. The van der Waals surface area contributed by atoms with Crippen LogP contribution in [0.15, 0.2) is 42.5 Å². The van der Waals surface area contributed by atoms with Crippen LogP contribution in [-0.2, 0) is 12.8 Å². The number of fused-ring (bicyclic) bond motifs is 1. The molecule has 2 aromatic carbocycles. The van der Waals surface area contributed by atoms with E-state index in [1.54, 1.807) is 14.2 Å². The summed E-state index contributed by atoms with van der Waals surface area (Å²) < 4.78 is 10.9. The van der Waals surface area contributed by atoms with Gasteiger partial charge in [-0.1, -0.05) is 30.3 Å². The van der Waals surface area contributed by atoms with E-state index in [-0.39, 0.29) is 0 Å². The molecule has 0 aromatic heterocycles. The van der Waals surface area contributed by atoms with Gasteiger partial charge in [-0.25, -0.2) is 0 Å². The van der Waals surface area contributed by atoms with Gasteiger partial charge >= 0.3 is 0 Å². The molecule has 1 N–H and O–H groups in total. The van der Waals surface area contributed by atoms with Crippen molar-refractivity contribution in [3.63, 3.8) is 0 Å². The van der Waals surface area contributed by atoms with Crippen LogP contribution in [0.1, 0.15) is 35.6 Å². The van der Waals surface area contributed by atoms with Gasteiger partial charge in [0.1, 0.15) is 0 Å². The predicted octanol–water partition coefficient (Wildman–Crippen LogP) is 3.91. The van der Waals surface area contributed by atoms with Gasteiger partial charge in [0.05, 0.1) is 14.2 Å². The molecule has 3 rings (SSSR count). The van der Waals surface area contributed by atoms with Crippen molar-refractivity contribution in [3.05, 3.63) is 59.2 Å². The smallest absolute Gasteiger partial charge is 0.161 e. The molecule has 3 heteroatoms. The summed E-state index contributed by atoms with van der Waals surface area (Å²) >= 11 is 0. The molecule has 23 heavy (non-hydrogen) atoms. The van der Waals surface area contributed by atoms with E-state index in [0.717, 1.165) is 37.3 Å². The quantitative estimate of drug-likeness (QED) is 0.877. The highest BCUT2D eigenvalue weighted by Gasteiger charge is 2.22. The first-order valence-electron chi connectivity index (χ1n) is 8.34. The summed E-state index contributed by atoms with van der Waals surface area (Å²) in [4.78, 5) is 0. The Morgan fingerprint density at radius 2 is 1.78 bits per heavy atom. The van der Waals surface area contributed by atoms with Gasteiger partial charge in [-0.2, -0.15) is 0 Å². The number of benzene rings is 2. The van der Waals surface area contributed by atoms with Crippen LogP contribution in [0.3, 0.4) is 0 Å². The summed E-state index contributed by atoms with van der Waals surface area (Å²) in [5.74, 6) is 1.65. The van der Waals surface area contributed by atoms with E-state index in [1.165, 1.54) is 23.1 Å². The third kappa shape index (κ3) is 3.67. The molecule has 1 aliphatic rings. The van der Waals surface area contributed by atoms with E-state index >= 15 is 0 Å². The van der Waals surface area contributed by atoms with Gasteiger partial charge in [0.25, 0.3) is 0 Å². The number of hydrogen-bond acceptors (Lipinski definition) is 3. The fourth-order valence-electron chi connectivity index (χ4n) is 3.38. The normalized spacial score (nSPS) is 16.7. The molecule has 2 aromatic rings. The maximum atomic E-state index is 5.47. The van der Waals surface area contributed by atoms with Gasteiger partial charge in [-0.15, -0.1) is 0 Å². The van der Waals surface area contributed by atoms with Crippen LogP contribution in [0.2, 0.25) is 0 Å². The zero-order chi connectivity index (χ0) is 16.1. The van der Waals surface area contributed by atoms with Crippen molar-refractivity contribution >= 4 is 0 Å². The van der Waals surface area contributed by atoms with E-state index in [4.69, 9.17) is 9.47 Å². The topological polar surface area (TPSA) is 30.5 Å². The van der Waals surface area contributed by atoms with Crippen molar-refractivity contribution in [1.82, 2.24) is 5.32 Å². The molecule has 1 aliphatic heterocycles. The number of nitrogens with one attached hydrogen (secondary N) is 1. The van der Waals surface area contributed by atoms with Crippen LogP contribution in [0.5, 0.6) is 11.5 Å². The SMILES string of the molecule is COc1cc2c(cc1OC)[C@H](CCCc1ccccc1)NCC2. The summed E-state index contributed by atoms with van der Waals surface area (Å²) in [7, 11) is 3.40. The van der Waals surface area contributed by atoms with E-state index in [0.29, 0.717) is 6.04 Å². The zero-order valence-electron chi connectivity index (χ0n) is 14.0. The maximum absolute atomic E-state index is 5.47. The van der Waals surface area contributed by atoms with Gasteiger partial charge < -0.3 is 14.8 Å². The third-order valence-electron chi connectivity index (χ3n) is 4.61. The number of aryl methyl sites for hydroxylation is 1. The Balaban J connectivity index is 1.70. The highest BCUT2D eigenvalue weighted by molar-refractivity contribution is 5.49. The molecule has 0 fully saturated rings. The standard InChI is InChI=1S/C20H25NO2/c1-22-19-13-16-11-12-21-18(17(16)14-20(19)23-2)10-6-9-15-7-4-3-5-8-15/h3-5,7-8,13-14,18,21H,6,9-12H2,1-2H3/t18-/m0/s1. The number of methoxy groups -OCH3 is 2. The number of hydrogen-bond donors (Lipinski definition) is 1. The molecule has 0 saturated carbocycles. The minimum absolute atomic E-state index is 0.405. The predicted molar refractivity (Wildman–Crippen MR) is 93.4 cm³/mol. The van der Waals surface area contributed by atoms with Crippen molar-refractivity contribution < 1.29 is 9.47 Å². The Labute approximate surface area is 138 Å². The second-order valence-corrected chi connectivity index (χ2v) is 6.04. The van der Waals surface area contributed by atoms with Gasteiger partial charge in [0, 0.05) is 6.04 Å². The number of ether oxygens (including phenoxy) is 2. The minimum atomic E-state index is 0.405. The highest BCUT2D eigenvalue weighted by Crippen LogP contribution is 2.36. The minimum Gasteiger partial charge on any atom is -0.493 e. The van der Waals surface area contributed by atoms with Crippen molar-refractivity contribution in [2.75, 3.05) is 20.8 Å². The summed E-state index contributed by atoms with van der Waals surface area (Å²) in [6.07, 6.45) is 4.49. The Bertz CT molecular complexity index is 640. The van der Waals surface area contributed by atoms with Crippen LogP contribution < -0.4 is 14.8 Å². The highest BCUT2D eigenvalue weighted by atomic mass is 16.5. The van der Waals surface area contributed by atoms with Crippen LogP contribution in [-0.4, -0.2) is 20.8 Å². The largest absolute Gasteiger partial charge is 0.493 e. The Morgan fingerprint density at radius 1 is 1.04 bits per heavy atom. The lowest BCUT2D eigenvalue weighted by Crippen LogP contribution is -2.30. The van der Waals surface area contributed by atoms with E-state index in [1.807, 2.05) is 0 Å². The van der Waals surface area contributed by atoms with Crippen LogP contribution >= 0.6 is 0 Å². The Kier molecular flexibility index (Phi) is 5.19. The summed E-state index contributed by atoms with van der Waals surface area (Å²) in [5, 5.41) is 3.65. The van der Waals surface area contributed by atoms with Gasteiger partial charge in [-0.05, 0) is 61.1 Å². The molecule has 0 bridgehead atoms. The molecule has 0 aliphatic carbocycles. The second-order valence-electron chi connectivity index (χ2n) is 6.04. The molecular weight excluding hydrogens is 286 g/mol. The van der Waals surface area contributed by atoms with Crippen LogP contribution in [0.4, 0.5) is 0 Å². The molecule has 1 heterocycles. The average Bonchev–Trinajstić information content (AvgIpc) is 2.61. The van der Waals surface area contributed by atoms with Crippen LogP contribution in [0, 0.1) is 0 Å². The second kappa shape index (κ2) is 7.51. The van der Waals surface area contributed by atoms with Gasteiger partial charge in [-0.3, -0.25) is 0 Å². The fourth-order valence-corrected chi connectivity index (χ4v) is 3.38. The average molecular weight is 311 g/mol. The molecule has 122 valence electrons. The molecule has 0 unspecified atom stereocenters. The van der Waals surface area contributed by atoms with Crippen molar-refractivity contribution in [3.8, 4) is 11.5 Å². The molecule has 0 saturated heterocycles. The first kappa shape index (κ1) is 15.9.